The molecule has 0 bridgehead atoms. The molecule has 0 fully saturated rings. The van der Waals surface area contributed by atoms with Crippen molar-refractivity contribution in [1.29, 1.82) is 0 Å². The van der Waals surface area contributed by atoms with Crippen molar-refractivity contribution < 1.29 is 32.3 Å². The Bertz CT molecular complexity index is 891. The number of amides is 3. The average Bonchev–Trinajstić information content (AvgIpc) is 2.68. The number of esters is 1. The van der Waals surface area contributed by atoms with Crippen molar-refractivity contribution in [2.75, 3.05) is 31.6 Å². The minimum Gasteiger partial charge on any atom is -0.463 e. The summed E-state index contributed by atoms with van der Waals surface area (Å²) >= 11 is 0. The summed E-state index contributed by atoms with van der Waals surface area (Å²) in [6.45, 7) is 5.50. The molecular formula is C20H25F3N4O4. The van der Waals surface area contributed by atoms with Gasteiger partial charge in [0.2, 0.25) is 5.91 Å². The molecule has 0 saturated carbocycles. The van der Waals surface area contributed by atoms with E-state index < -0.39 is 47.1 Å². The standard InChI is InChI=1S/C20H25F3N4O4/c1-4-8-27(10-15(28)25-13-7-6-12(21)17(22)18(13)23)9-14-16(19(29)31-5-2)11(3)24-20(30)26-14/h6-7,11H,4-5,8-10H2,1-3H3,(H,25,28)(H2,24,26,30)/t11-/m1/s1. The van der Waals surface area contributed by atoms with Gasteiger partial charge in [-0.1, -0.05) is 6.92 Å². The molecule has 0 aromatic heterocycles. The predicted molar refractivity (Wildman–Crippen MR) is 106 cm³/mol. The monoisotopic (exact) mass is 442 g/mol. The molecule has 31 heavy (non-hydrogen) atoms. The summed E-state index contributed by atoms with van der Waals surface area (Å²) in [5, 5.41) is 7.36. The van der Waals surface area contributed by atoms with Gasteiger partial charge >= 0.3 is 12.0 Å². The van der Waals surface area contributed by atoms with Gasteiger partial charge in [0, 0.05) is 12.2 Å². The van der Waals surface area contributed by atoms with Gasteiger partial charge in [0.25, 0.3) is 0 Å². The number of nitrogens with zero attached hydrogens (tertiary/aromatic N) is 1. The van der Waals surface area contributed by atoms with E-state index >= 15 is 0 Å². The fourth-order valence-electron chi connectivity index (χ4n) is 3.17. The highest BCUT2D eigenvalue weighted by Gasteiger charge is 2.30. The van der Waals surface area contributed by atoms with Crippen LogP contribution in [0.2, 0.25) is 0 Å². The van der Waals surface area contributed by atoms with Crippen LogP contribution in [0.25, 0.3) is 0 Å². The lowest BCUT2D eigenvalue weighted by Gasteiger charge is -2.30. The van der Waals surface area contributed by atoms with E-state index in [2.05, 4.69) is 16.0 Å². The maximum absolute atomic E-state index is 13.8. The Labute approximate surface area is 177 Å². The number of rotatable bonds is 9. The molecule has 0 spiro atoms. The van der Waals surface area contributed by atoms with Gasteiger partial charge in [0.05, 0.1) is 30.5 Å². The maximum atomic E-state index is 13.8. The van der Waals surface area contributed by atoms with Crippen LogP contribution in [-0.2, 0) is 14.3 Å². The van der Waals surface area contributed by atoms with Gasteiger partial charge < -0.3 is 20.7 Å². The molecule has 1 aliphatic rings. The van der Waals surface area contributed by atoms with E-state index in [0.29, 0.717) is 19.0 Å². The lowest BCUT2D eigenvalue weighted by molar-refractivity contribution is -0.139. The fourth-order valence-corrected chi connectivity index (χ4v) is 3.17. The molecule has 1 aromatic rings. The van der Waals surface area contributed by atoms with Crippen molar-refractivity contribution in [2.24, 2.45) is 0 Å². The molecule has 3 N–H and O–H groups in total. The number of urea groups is 1. The fraction of sp³-hybridized carbons (Fsp3) is 0.450. The Hall–Kier alpha value is -3.08. The number of hydrogen-bond donors (Lipinski definition) is 3. The first kappa shape index (κ1) is 24.2. The summed E-state index contributed by atoms with van der Waals surface area (Å²) in [5.74, 6) is -5.81. The van der Waals surface area contributed by atoms with Crippen LogP contribution in [0, 0.1) is 17.5 Å². The number of carbonyl (C=O) groups excluding carboxylic acids is 3. The molecule has 1 aromatic carbocycles. The van der Waals surface area contributed by atoms with Crippen LogP contribution in [0.4, 0.5) is 23.7 Å². The first-order chi connectivity index (χ1) is 14.7. The Morgan fingerprint density at radius 1 is 1.19 bits per heavy atom. The third-order valence-electron chi connectivity index (χ3n) is 4.46. The van der Waals surface area contributed by atoms with Crippen LogP contribution >= 0.6 is 0 Å². The van der Waals surface area contributed by atoms with Gasteiger partial charge in [-0.25, -0.2) is 22.8 Å². The lowest BCUT2D eigenvalue weighted by Crippen LogP contribution is -2.51. The van der Waals surface area contributed by atoms with Crippen molar-refractivity contribution in [3.05, 3.63) is 40.9 Å². The van der Waals surface area contributed by atoms with E-state index in [-0.39, 0.29) is 31.0 Å². The van der Waals surface area contributed by atoms with Crippen molar-refractivity contribution in [3.8, 4) is 0 Å². The second-order valence-corrected chi connectivity index (χ2v) is 6.91. The minimum atomic E-state index is -1.68. The Kier molecular flexibility index (Phi) is 8.43. The molecule has 0 aliphatic carbocycles. The largest absolute Gasteiger partial charge is 0.463 e. The average molecular weight is 442 g/mol. The summed E-state index contributed by atoms with van der Waals surface area (Å²) in [6.07, 6.45) is 0.636. The van der Waals surface area contributed by atoms with Crippen molar-refractivity contribution >= 4 is 23.6 Å². The number of ether oxygens (including phenoxy) is 1. The van der Waals surface area contributed by atoms with Crippen LogP contribution in [0.15, 0.2) is 23.4 Å². The van der Waals surface area contributed by atoms with Gasteiger partial charge in [0.1, 0.15) is 0 Å². The maximum Gasteiger partial charge on any atom is 0.337 e. The van der Waals surface area contributed by atoms with Crippen LogP contribution in [0.5, 0.6) is 0 Å². The highest BCUT2D eigenvalue weighted by molar-refractivity contribution is 5.95. The van der Waals surface area contributed by atoms with E-state index in [4.69, 9.17) is 4.74 Å². The molecule has 1 atom stereocenters. The zero-order valence-corrected chi connectivity index (χ0v) is 17.5. The number of halogens is 3. The van der Waals surface area contributed by atoms with Gasteiger partial charge in [-0.3, -0.25) is 9.69 Å². The zero-order valence-electron chi connectivity index (χ0n) is 17.5. The SMILES string of the molecule is CCCN(CC(=O)Nc1ccc(F)c(F)c1F)CC1=C(C(=O)OCC)[C@@H](C)NC(=O)N1. The number of nitrogens with one attached hydrogen (secondary N) is 3. The highest BCUT2D eigenvalue weighted by Crippen LogP contribution is 2.20. The summed E-state index contributed by atoms with van der Waals surface area (Å²) in [6, 6.07) is 0.531. The van der Waals surface area contributed by atoms with Gasteiger partial charge in [-0.2, -0.15) is 0 Å². The predicted octanol–water partition coefficient (Wildman–Crippen LogP) is 2.27. The molecule has 3 amide bonds. The summed E-state index contributed by atoms with van der Waals surface area (Å²) in [5.41, 5.74) is 0.0279. The normalized spacial score (nSPS) is 16.1. The van der Waals surface area contributed by atoms with E-state index in [9.17, 15) is 27.6 Å². The Balaban J connectivity index is 2.19. The summed E-state index contributed by atoms with van der Waals surface area (Å²) in [7, 11) is 0. The van der Waals surface area contributed by atoms with Gasteiger partial charge in [0.15, 0.2) is 17.5 Å². The minimum absolute atomic E-state index is 0.0351. The number of benzene rings is 1. The van der Waals surface area contributed by atoms with Gasteiger partial charge in [-0.05, 0) is 38.9 Å². The van der Waals surface area contributed by atoms with E-state index in [0.717, 1.165) is 6.07 Å². The molecule has 0 unspecified atom stereocenters. The summed E-state index contributed by atoms with van der Waals surface area (Å²) in [4.78, 5) is 38.3. The quantitative estimate of drug-likeness (QED) is 0.403. The van der Waals surface area contributed by atoms with E-state index in [1.54, 1.807) is 18.7 Å². The highest BCUT2D eigenvalue weighted by atomic mass is 19.2. The molecular weight excluding hydrogens is 417 g/mol. The number of anilines is 1. The van der Waals surface area contributed by atoms with Crippen LogP contribution in [0.1, 0.15) is 27.2 Å². The van der Waals surface area contributed by atoms with Crippen molar-refractivity contribution in [3.63, 3.8) is 0 Å². The van der Waals surface area contributed by atoms with Crippen LogP contribution in [0.3, 0.4) is 0 Å². The number of carbonyl (C=O) groups is 3. The van der Waals surface area contributed by atoms with Crippen LogP contribution in [-0.4, -0.2) is 55.1 Å². The topological polar surface area (TPSA) is 99.8 Å². The second-order valence-electron chi connectivity index (χ2n) is 6.91. The van der Waals surface area contributed by atoms with E-state index in [1.807, 2.05) is 6.92 Å². The molecule has 1 aliphatic heterocycles. The van der Waals surface area contributed by atoms with E-state index in [1.165, 1.54) is 0 Å². The third-order valence-corrected chi connectivity index (χ3v) is 4.46. The van der Waals surface area contributed by atoms with Gasteiger partial charge in [-0.15, -0.1) is 0 Å². The molecule has 0 saturated heterocycles. The Morgan fingerprint density at radius 2 is 1.90 bits per heavy atom. The first-order valence-corrected chi connectivity index (χ1v) is 9.81. The number of hydrogen-bond acceptors (Lipinski definition) is 5. The Morgan fingerprint density at radius 3 is 2.55 bits per heavy atom. The molecule has 1 heterocycles. The molecule has 8 nitrogen and oxygen atoms in total. The molecule has 170 valence electrons. The molecule has 11 heteroatoms. The molecule has 2 rings (SSSR count). The summed E-state index contributed by atoms with van der Waals surface area (Å²) < 4.78 is 45.3. The van der Waals surface area contributed by atoms with Crippen LogP contribution < -0.4 is 16.0 Å². The zero-order chi connectivity index (χ0) is 23.1. The molecule has 0 radical (unpaired) electrons. The first-order valence-electron chi connectivity index (χ1n) is 9.81. The lowest BCUT2D eigenvalue weighted by atomic mass is 10.0. The van der Waals surface area contributed by atoms with Crippen molar-refractivity contribution in [1.82, 2.24) is 15.5 Å². The third kappa shape index (κ3) is 6.20. The smallest absolute Gasteiger partial charge is 0.337 e. The van der Waals surface area contributed by atoms with Crippen molar-refractivity contribution in [2.45, 2.75) is 33.2 Å². The second kappa shape index (κ2) is 10.8.